The van der Waals surface area contributed by atoms with Crippen LogP contribution in [0.15, 0.2) is 4.47 Å². The number of nitrogens with zero attached hydrogens (tertiary/aromatic N) is 2. The summed E-state index contributed by atoms with van der Waals surface area (Å²) in [5.74, 6) is 0. The molecule has 1 heterocycles. The van der Waals surface area contributed by atoms with Crippen LogP contribution in [0.3, 0.4) is 0 Å². The maximum absolute atomic E-state index is 4.55. The summed E-state index contributed by atoms with van der Waals surface area (Å²) in [7, 11) is 0. The SMILES string of the molecule is CCCNC(CC)CCCc1c(Br)c(C)nn1CC. The highest BCUT2D eigenvalue weighted by Gasteiger charge is 2.12. The molecule has 19 heavy (non-hydrogen) atoms. The van der Waals surface area contributed by atoms with E-state index < -0.39 is 0 Å². The lowest BCUT2D eigenvalue weighted by Crippen LogP contribution is -2.29. The number of aryl methyl sites for hydroxylation is 2. The monoisotopic (exact) mass is 329 g/mol. The van der Waals surface area contributed by atoms with Gasteiger partial charge in [-0.25, -0.2) is 0 Å². The first-order chi connectivity index (χ1) is 9.13. The maximum atomic E-state index is 4.55. The van der Waals surface area contributed by atoms with Crippen LogP contribution in [0, 0.1) is 6.92 Å². The smallest absolute Gasteiger partial charge is 0.0738 e. The molecule has 0 aromatic carbocycles. The molecule has 1 aromatic rings. The molecule has 0 bridgehead atoms. The van der Waals surface area contributed by atoms with Crippen molar-refractivity contribution in [1.82, 2.24) is 15.1 Å². The summed E-state index contributed by atoms with van der Waals surface area (Å²) in [5, 5.41) is 8.17. The van der Waals surface area contributed by atoms with Crippen LogP contribution in [0.4, 0.5) is 0 Å². The van der Waals surface area contributed by atoms with Gasteiger partial charge < -0.3 is 5.32 Å². The van der Waals surface area contributed by atoms with E-state index in [1.807, 2.05) is 0 Å². The molecule has 0 fully saturated rings. The lowest BCUT2D eigenvalue weighted by atomic mass is 10.1. The molecule has 0 radical (unpaired) electrons. The Morgan fingerprint density at radius 3 is 2.63 bits per heavy atom. The second-order valence-corrected chi connectivity index (χ2v) is 5.91. The van der Waals surface area contributed by atoms with E-state index in [2.05, 4.69) is 58.7 Å². The Morgan fingerprint density at radius 2 is 2.05 bits per heavy atom. The van der Waals surface area contributed by atoms with Gasteiger partial charge in [0.1, 0.15) is 0 Å². The number of hydrogen-bond donors (Lipinski definition) is 1. The van der Waals surface area contributed by atoms with Gasteiger partial charge in [0.15, 0.2) is 0 Å². The fraction of sp³-hybridized carbons (Fsp3) is 0.800. The molecule has 0 saturated heterocycles. The van der Waals surface area contributed by atoms with E-state index in [0.29, 0.717) is 6.04 Å². The number of aromatic nitrogens is 2. The Kier molecular flexibility index (Phi) is 7.69. The van der Waals surface area contributed by atoms with Gasteiger partial charge in [0, 0.05) is 12.6 Å². The van der Waals surface area contributed by atoms with Gasteiger partial charge in [0.2, 0.25) is 0 Å². The lowest BCUT2D eigenvalue weighted by Gasteiger charge is -2.16. The number of halogens is 1. The van der Waals surface area contributed by atoms with Crippen molar-refractivity contribution in [2.24, 2.45) is 0 Å². The lowest BCUT2D eigenvalue weighted by molar-refractivity contribution is 0.451. The third kappa shape index (κ3) is 4.92. The van der Waals surface area contributed by atoms with Crippen LogP contribution in [-0.2, 0) is 13.0 Å². The Hall–Kier alpha value is -0.350. The predicted molar refractivity (Wildman–Crippen MR) is 85.6 cm³/mol. The van der Waals surface area contributed by atoms with Crippen molar-refractivity contribution < 1.29 is 0 Å². The average molecular weight is 330 g/mol. The third-order valence-corrected chi connectivity index (χ3v) is 4.63. The van der Waals surface area contributed by atoms with E-state index in [-0.39, 0.29) is 0 Å². The van der Waals surface area contributed by atoms with Crippen LogP contribution in [0.2, 0.25) is 0 Å². The summed E-state index contributed by atoms with van der Waals surface area (Å²) in [6, 6.07) is 0.665. The Labute approximate surface area is 126 Å². The first-order valence-electron chi connectivity index (χ1n) is 7.59. The third-order valence-electron chi connectivity index (χ3n) is 3.59. The minimum absolute atomic E-state index is 0.665. The van der Waals surface area contributed by atoms with Crippen LogP contribution < -0.4 is 5.32 Å². The first-order valence-corrected chi connectivity index (χ1v) is 8.38. The molecule has 3 nitrogen and oxygen atoms in total. The number of nitrogens with one attached hydrogen (secondary N) is 1. The molecule has 0 aliphatic rings. The molecule has 0 aliphatic heterocycles. The largest absolute Gasteiger partial charge is 0.314 e. The van der Waals surface area contributed by atoms with Gasteiger partial charge in [-0.15, -0.1) is 0 Å². The normalized spacial score (nSPS) is 12.9. The van der Waals surface area contributed by atoms with E-state index in [9.17, 15) is 0 Å². The van der Waals surface area contributed by atoms with E-state index in [1.54, 1.807) is 0 Å². The first kappa shape index (κ1) is 16.7. The van der Waals surface area contributed by atoms with Crippen LogP contribution in [0.5, 0.6) is 0 Å². The van der Waals surface area contributed by atoms with Crippen molar-refractivity contribution in [2.45, 2.75) is 72.4 Å². The number of rotatable bonds is 9. The molecule has 4 heteroatoms. The minimum atomic E-state index is 0.665. The van der Waals surface area contributed by atoms with Crippen molar-refractivity contribution in [3.8, 4) is 0 Å². The fourth-order valence-corrected chi connectivity index (χ4v) is 2.90. The average Bonchev–Trinajstić information content (AvgIpc) is 2.69. The Morgan fingerprint density at radius 1 is 1.32 bits per heavy atom. The van der Waals surface area contributed by atoms with E-state index >= 15 is 0 Å². The standard InChI is InChI=1S/C15H28BrN3/c1-5-11-17-13(6-2)9-8-10-14-15(16)12(4)18-19(14)7-3/h13,17H,5-11H2,1-4H3. The molecule has 0 spiro atoms. The summed E-state index contributed by atoms with van der Waals surface area (Å²) in [5.41, 5.74) is 2.46. The Balaban J connectivity index is 2.48. The highest BCUT2D eigenvalue weighted by molar-refractivity contribution is 9.10. The van der Waals surface area contributed by atoms with Gasteiger partial charge >= 0.3 is 0 Å². The van der Waals surface area contributed by atoms with Crippen LogP contribution in [-0.4, -0.2) is 22.4 Å². The molecule has 1 aromatic heterocycles. The van der Waals surface area contributed by atoms with E-state index in [4.69, 9.17) is 0 Å². The van der Waals surface area contributed by atoms with Crippen molar-refractivity contribution in [3.05, 3.63) is 15.9 Å². The highest BCUT2D eigenvalue weighted by atomic mass is 79.9. The summed E-state index contributed by atoms with van der Waals surface area (Å²) in [6.45, 7) is 10.8. The van der Waals surface area contributed by atoms with Gasteiger partial charge in [-0.05, 0) is 68.4 Å². The molecule has 0 saturated carbocycles. The van der Waals surface area contributed by atoms with Crippen LogP contribution in [0.25, 0.3) is 0 Å². The maximum Gasteiger partial charge on any atom is 0.0738 e. The van der Waals surface area contributed by atoms with Crippen molar-refractivity contribution in [3.63, 3.8) is 0 Å². The van der Waals surface area contributed by atoms with Gasteiger partial charge in [0.25, 0.3) is 0 Å². The molecule has 0 aliphatic carbocycles. The molecule has 1 unspecified atom stereocenters. The van der Waals surface area contributed by atoms with E-state index in [0.717, 1.165) is 25.2 Å². The second kappa shape index (κ2) is 8.75. The van der Waals surface area contributed by atoms with Crippen molar-refractivity contribution in [2.75, 3.05) is 6.54 Å². The molecule has 1 N–H and O–H groups in total. The summed E-state index contributed by atoms with van der Waals surface area (Å²) in [6.07, 6.45) is 6.01. The second-order valence-electron chi connectivity index (χ2n) is 5.11. The highest BCUT2D eigenvalue weighted by Crippen LogP contribution is 2.23. The zero-order valence-corrected chi connectivity index (χ0v) is 14.4. The van der Waals surface area contributed by atoms with Crippen molar-refractivity contribution >= 4 is 15.9 Å². The Bertz CT molecular complexity index is 374. The zero-order valence-electron chi connectivity index (χ0n) is 12.8. The van der Waals surface area contributed by atoms with Crippen molar-refractivity contribution in [1.29, 1.82) is 0 Å². The number of hydrogen-bond acceptors (Lipinski definition) is 2. The van der Waals surface area contributed by atoms with Gasteiger partial charge in [-0.1, -0.05) is 13.8 Å². The van der Waals surface area contributed by atoms with Gasteiger partial charge in [-0.3, -0.25) is 4.68 Å². The van der Waals surface area contributed by atoms with Crippen LogP contribution in [0.1, 0.15) is 57.8 Å². The molecule has 1 atom stereocenters. The molecule has 110 valence electrons. The van der Waals surface area contributed by atoms with E-state index in [1.165, 1.54) is 35.8 Å². The molecule has 1 rings (SSSR count). The van der Waals surface area contributed by atoms with Crippen LogP contribution >= 0.6 is 15.9 Å². The topological polar surface area (TPSA) is 29.9 Å². The molecule has 0 amide bonds. The van der Waals surface area contributed by atoms with Gasteiger partial charge in [0.05, 0.1) is 15.9 Å². The predicted octanol–water partition coefficient (Wildman–Crippen LogP) is 4.07. The molecular weight excluding hydrogens is 302 g/mol. The minimum Gasteiger partial charge on any atom is -0.314 e. The summed E-state index contributed by atoms with van der Waals surface area (Å²) < 4.78 is 3.32. The summed E-state index contributed by atoms with van der Waals surface area (Å²) in [4.78, 5) is 0. The zero-order chi connectivity index (χ0) is 14.3. The summed E-state index contributed by atoms with van der Waals surface area (Å²) >= 11 is 3.67. The quantitative estimate of drug-likeness (QED) is 0.739. The molecular formula is C15H28BrN3. The fourth-order valence-electron chi connectivity index (χ4n) is 2.42. The van der Waals surface area contributed by atoms with Gasteiger partial charge in [-0.2, -0.15) is 5.10 Å².